The third-order valence-electron chi connectivity index (χ3n) is 6.67. The van der Waals surface area contributed by atoms with Crippen molar-refractivity contribution >= 4 is 23.7 Å². The molecule has 0 bridgehead atoms. The van der Waals surface area contributed by atoms with Crippen LogP contribution >= 0.6 is 11.6 Å². The van der Waals surface area contributed by atoms with E-state index in [4.69, 9.17) is 30.5 Å². The number of aryl methyl sites for hydroxylation is 1. The first-order valence-electron chi connectivity index (χ1n) is 14.8. The summed E-state index contributed by atoms with van der Waals surface area (Å²) in [6.45, 7) is 4.78. The standard InChI is InChI=1S/C30H34ClN7O9/c1-4-5-10-25-32-27(31)26(29(39)45-20(3)46-30(40)44-16-15-43-18-19(2)47-38(41)42)37(25)17-21-11-13-22(14-12-21)23-8-6-7-9-24(23)28-33-35-36-34-28/h6-9,11-14,19-20H,4-5,10,15-18H2,1-3H3,(H,33,34,35,36)/t19-,20?/m0/s1. The molecule has 4 rings (SSSR count). The molecule has 1 N–H and O–H groups in total. The number of imidazole rings is 1. The third-order valence-corrected chi connectivity index (χ3v) is 6.94. The van der Waals surface area contributed by atoms with Gasteiger partial charge in [0.2, 0.25) is 12.1 Å². The van der Waals surface area contributed by atoms with Gasteiger partial charge in [-0.15, -0.1) is 20.3 Å². The van der Waals surface area contributed by atoms with Crippen molar-refractivity contribution in [2.75, 3.05) is 19.8 Å². The second-order valence-corrected chi connectivity index (χ2v) is 10.6. The van der Waals surface area contributed by atoms with E-state index in [1.807, 2.05) is 55.5 Å². The van der Waals surface area contributed by atoms with Crippen molar-refractivity contribution < 1.29 is 38.5 Å². The van der Waals surface area contributed by atoms with Crippen molar-refractivity contribution in [3.8, 4) is 22.5 Å². The minimum atomic E-state index is -1.32. The fourth-order valence-electron chi connectivity index (χ4n) is 4.55. The van der Waals surface area contributed by atoms with Crippen molar-refractivity contribution in [2.24, 2.45) is 0 Å². The van der Waals surface area contributed by atoms with Gasteiger partial charge < -0.3 is 28.4 Å². The zero-order valence-electron chi connectivity index (χ0n) is 26.0. The Morgan fingerprint density at radius 1 is 1.06 bits per heavy atom. The number of ether oxygens (including phenoxy) is 4. The van der Waals surface area contributed by atoms with Gasteiger partial charge in [0, 0.05) is 25.5 Å². The van der Waals surface area contributed by atoms with E-state index in [1.165, 1.54) is 13.8 Å². The fourth-order valence-corrected chi connectivity index (χ4v) is 4.82. The quantitative estimate of drug-likeness (QED) is 0.0515. The minimum Gasteiger partial charge on any atom is -0.432 e. The van der Waals surface area contributed by atoms with Crippen LogP contribution in [0.25, 0.3) is 22.5 Å². The number of nitrogens with one attached hydrogen (secondary N) is 1. The smallest absolute Gasteiger partial charge is 0.432 e. The summed E-state index contributed by atoms with van der Waals surface area (Å²) in [4.78, 5) is 44.4. The van der Waals surface area contributed by atoms with E-state index < -0.39 is 29.6 Å². The lowest BCUT2D eigenvalue weighted by Crippen LogP contribution is -2.25. The average molecular weight is 672 g/mol. The summed E-state index contributed by atoms with van der Waals surface area (Å²) in [6.07, 6.45) is -0.900. The van der Waals surface area contributed by atoms with Gasteiger partial charge in [0.05, 0.1) is 13.2 Å². The second kappa shape index (κ2) is 17.0. The molecule has 2 aromatic carbocycles. The molecule has 0 aliphatic rings. The molecule has 250 valence electrons. The number of carbonyl (C=O) groups excluding carboxylic acids is 2. The van der Waals surface area contributed by atoms with Gasteiger partial charge in [-0.2, -0.15) is 5.21 Å². The molecule has 47 heavy (non-hydrogen) atoms. The van der Waals surface area contributed by atoms with Gasteiger partial charge in [-0.3, -0.25) is 0 Å². The molecule has 1 unspecified atom stereocenters. The predicted molar refractivity (Wildman–Crippen MR) is 166 cm³/mol. The Morgan fingerprint density at radius 2 is 1.81 bits per heavy atom. The predicted octanol–water partition coefficient (Wildman–Crippen LogP) is 5.04. The first-order valence-corrected chi connectivity index (χ1v) is 15.1. The molecule has 4 aromatic rings. The molecule has 0 spiro atoms. The summed E-state index contributed by atoms with van der Waals surface area (Å²) in [7, 11) is 0. The number of aromatic nitrogens is 6. The van der Waals surface area contributed by atoms with Crippen LogP contribution in [0.2, 0.25) is 5.15 Å². The van der Waals surface area contributed by atoms with E-state index in [-0.39, 0.29) is 37.2 Å². The van der Waals surface area contributed by atoms with Gasteiger partial charge in [-0.05, 0) is 35.2 Å². The Labute approximate surface area is 274 Å². The van der Waals surface area contributed by atoms with Crippen molar-refractivity contribution in [2.45, 2.75) is 59.0 Å². The first-order chi connectivity index (χ1) is 22.7. The van der Waals surface area contributed by atoms with Crippen molar-refractivity contribution in [3.05, 3.63) is 80.9 Å². The lowest BCUT2D eigenvalue weighted by atomic mass is 9.98. The third kappa shape index (κ3) is 9.95. The molecule has 2 aromatic heterocycles. The van der Waals surface area contributed by atoms with Crippen LogP contribution in [-0.4, -0.2) is 79.6 Å². The number of unbranched alkanes of at least 4 members (excludes halogenated alkanes) is 1. The highest BCUT2D eigenvalue weighted by atomic mass is 35.5. The Bertz CT molecular complexity index is 1630. The molecule has 0 aliphatic carbocycles. The van der Waals surface area contributed by atoms with E-state index in [2.05, 4.69) is 30.4 Å². The molecular weight excluding hydrogens is 638 g/mol. The summed E-state index contributed by atoms with van der Waals surface area (Å²) < 4.78 is 22.1. The van der Waals surface area contributed by atoms with Crippen LogP contribution in [0.5, 0.6) is 0 Å². The molecule has 16 nitrogen and oxygen atoms in total. The summed E-state index contributed by atoms with van der Waals surface area (Å²) in [5, 5.41) is 23.7. The van der Waals surface area contributed by atoms with Gasteiger partial charge in [0.25, 0.3) is 5.09 Å². The van der Waals surface area contributed by atoms with Gasteiger partial charge in [-0.1, -0.05) is 73.5 Å². The van der Waals surface area contributed by atoms with Crippen molar-refractivity contribution in [3.63, 3.8) is 0 Å². The Morgan fingerprint density at radius 3 is 2.49 bits per heavy atom. The lowest BCUT2D eigenvalue weighted by molar-refractivity contribution is -0.768. The summed E-state index contributed by atoms with van der Waals surface area (Å²) >= 11 is 6.45. The molecule has 17 heteroatoms. The average Bonchev–Trinajstić information content (AvgIpc) is 3.68. The summed E-state index contributed by atoms with van der Waals surface area (Å²) in [5.41, 5.74) is 3.59. The SMILES string of the molecule is CCCCc1nc(Cl)c(C(=O)OC(C)OC(=O)OCCOC[C@H](C)O[N+](=O)[O-])n1Cc1ccc(-c2ccccc2-c2nn[nH]n2)cc1. The molecule has 0 saturated heterocycles. The Balaban J connectivity index is 1.40. The highest BCUT2D eigenvalue weighted by Gasteiger charge is 2.26. The van der Waals surface area contributed by atoms with Crippen LogP contribution in [0, 0.1) is 10.1 Å². The molecular formula is C30H34ClN7O9. The Kier molecular flexibility index (Phi) is 12.6. The van der Waals surface area contributed by atoms with Crippen LogP contribution in [0.15, 0.2) is 48.5 Å². The molecule has 0 saturated carbocycles. The molecule has 2 atom stereocenters. The second-order valence-electron chi connectivity index (χ2n) is 10.2. The number of halogens is 1. The topological polar surface area (TPSA) is 196 Å². The number of aromatic amines is 1. The van der Waals surface area contributed by atoms with Crippen molar-refractivity contribution in [1.29, 1.82) is 0 Å². The number of nitrogens with zero attached hydrogens (tertiary/aromatic N) is 6. The lowest BCUT2D eigenvalue weighted by Gasteiger charge is -2.16. The Hall–Kier alpha value is -5.09. The number of benzene rings is 2. The molecule has 0 fully saturated rings. The minimum absolute atomic E-state index is 0.0209. The number of esters is 1. The van der Waals surface area contributed by atoms with Crippen LogP contribution in [0.1, 0.15) is 55.5 Å². The van der Waals surface area contributed by atoms with E-state index in [9.17, 15) is 19.7 Å². The van der Waals surface area contributed by atoms with E-state index in [1.54, 1.807) is 4.57 Å². The maximum atomic E-state index is 13.3. The molecule has 0 aliphatic heterocycles. The van der Waals surface area contributed by atoms with Gasteiger partial charge in [0.15, 0.2) is 10.8 Å². The fraction of sp³-hybridized carbons (Fsp3) is 0.400. The number of rotatable bonds is 17. The number of hydrogen-bond acceptors (Lipinski definition) is 13. The highest BCUT2D eigenvalue weighted by molar-refractivity contribution is 6.32. The maximum absolute atomic E-state index is 13.3. The molecule has 0 amide bonds. The monoisotopic (exact) mass is 671 g/mol. The van der Waals surface area contributed by atoms with Crippen LogP contribution in [0.4, 0.5) is 4.79 Å². The number of tetrazole rings is 1. The highest BCUT2D eigenvalue weighted by Crippen LogP contribution is 2.30. The number of hydrogen-bond donors (Lipinski definition) is 1. The van der Waals surface area contributed by atoms with Crippen LogP contribution in [0.3, 0.4) is 0 Å². The maximum Gasteiger partial charge on any atom is 0.511 e. The zero-order chi connectivity index (χ0) is 33.8. The van der Waals surface area contributed by atoms with Gasteiger partial charge in [-0.25, -0.2) is 14.6 Å². The van der Waals surface area contributed by atoms with E-state index in [0.29, 0.717) is 18.1 Å². The van der Waals surface area contributed by atoms with Crippen molar-refractivity contribution in [1.82, 2.24) is 30.2 Å². The zero-order valence-corrected chi connectivity index (χ0v) is 26.7. The van der Waals surface area contributed by atoms with E-state index in [0.717, 1.165) is 35.1 Å². The van der Waals surface area contributed by atoms with Crippen LogP contribution in [-0.2, 0) is 36.8 Å². The number of carbonyl (C=O) groups is 2. The summed E-state index contributed by atoms with van der Waals surface area (Å²) in [5.74, 6) is 0.259. The normalized spacial score (nSPS) is 12.3. The first kappa shape index (κ1) is 34.8. The number of H-pyrrole nitrogens is 1. The molecule has 2 heterocycles. The molecule has 0 radical (unpaired) electrons. The van der Waals surface area contributed by atoms with E-state index >= 15 is 0 Å². The van der Waals surface area contributed by atoms with Gasteiger partial charge >= 0.3 is 12.1 Å². The summed E-state index contributed by atoms with van der Waals surface area (Å²) in [6, 6.07) is 15.5. The largest absolute Gasteiger partial charge is 0.511 e. The van der Waals surface area contributed by atoms with Gasteiger partial charge in [0.1, 0.15) is 18.5 Å². The van der Waals surface area contributed by atoms with Crippen LogP contribution < -0.4 is 0 Å².